The molecule has 0 saturated heterocycles. The van der Waals surface area contributed by atoms with Crippen LogP contribution in [0.1, 0.15) is 27.7 Å². The molecular formula is C16H13NO2S. The fraction of sp³-hybridized carbons (Fsp3) is 0.250. The zero-order valence-electron chi connectivity index (χ0n) is 11.1. The first-order valence-electron chi connectivity index (χ1n) is 6.50. The average molecular weight is 283 g/mol. The van der Waals surface area contributed by atoms with E-state index in [1.54, 1.807) is 6.92 Å². The molecule has 0 N–H and O–H groups in total. The first-order valence-corrected chi connectivity index (χ1v) is 7.32. The second-order valence-corrected chi connectivity index (χ2v) is 5.85. The number of carbonyl (C=O) groups is 1. The lowest BCUT2D eigenvalue weighted by Crippen LogP contribution is -2.11. The molecule has 1 aliphatic rings. The van der Waals surface area contributed by atoms with Crippen molar-refractivity contribution in [1.29, 1.82) is 5.26 Å². The van der Waals surface area contributed by atoms with E-state index in [1.807, 2.05) is 24.3 Å². The maximum atomic E-state index is 12.0. The summed E-state index contributed by atoms with van der Waals surface area (Å²) in [4.78, 5) is 13.7. The number of hydrogen-bond donors (Lipinski definition) is 0. The Labute approximate surface area is 121 Å². The molecule has 0 radical (unpaired) electrons. The molecular weight excluding hydrogens is 270 g/mol. The number of carbonyl (C=O) groups excluding carboxylic acids is 1. The molecule has 1 atom stereocenters. The maximum absolute atomic E-state index is 12.0. The van der Waals surface area contributed by atoms with E-state index in [1.165, 1.54) is 28.0 Å². The molecule has 4 heteroatoms. The largest absolute Gasteiger partial charge is 0.443 e. The van der Waals surface area contributed by atoms with Gasteiger partial charge in [-0.1, -0.05) is 24.3 Å². The Morgan fingerprint density at radius 1 is 1.35 bits per heavy atom. The number of benzene rings is 1. The molecule has 1 heterocycles. The highest BCUT2D eigenvalue weighted by atomic mass is 32.1. The first-order chi connectivity index (χ1) is 9.69. The van der Waals surface area contributed by atoms with Gasteiger partial charge in [-0.05, 0) is 42.5 Å². The van der Waals surface area contributed by atoms with E-state index in [-0.39, 0.29) is 0 Å². The van der Waals surface area contributed by atoms with E-state index in [4.69, 9.17) is 10.00 Å². The fourth-order valence-electron chi connectivity index (χ4n) is 2.42. The molecule has 20 heavy (non-hydrogen) atoms. The van der Waals surface area contributed by atoms with E-state index in [2.05, 4.69) is 12.1 Å². The van der Waals surface area contributed by atoms with Gasteiger partial charge in [-0.2, -0.15) is 5.26 Å². The third kappa shape index (κ3) is 2.21. The van der Waals surface area contributed by atoms with Crippen molar-refractivity contribution in [3.63, 3.8) is 0 Å². The lowest BCUT2D eigenvalue weighted by molar-refractivity contribution is 0.0441. The van der Waals surface area contributed by atoms with Crippen molar-refractivity contribution in [2.45, 2.75) is 25.9 Å². The lowest BCUT2D eigenvalue weighted by Gasteiger charge is -2.15. The molecule has 3 nitrogen and oxygen atoms in total. The Balaban J connectivity index is 1.95. The van der Waals surface area contributed by atoms with Crippen LogP contribution < -0.4 is 0 Å². The highest BCUT2D eigenvalue weighted by molar-refractivity contribution is 7.17. The number of aryl methyl sites for hydroxylation is 2. The molecule has 0 saturated carbocycles. The van der Waals surface area contributed by atoms with Gasteiger partial charge in [-0.3, -0.25) is 0 Å². The van der Waals surface area contributed by atoms with E-state index in [0.29, 0.717) is 4.88 Å². The van der Waals surface area contributed by atoms with Crippen LogP contribution in [0, 0.1) is 11.3 Å². The molecule has 3 rings (SSSR count). The molecule has 0 fully saturated rings. The first kappa shape index (κ1) is 12.9. The van der Waals surface area contributed by atoms with E-state index in [9.17, 15) is 4.79 Å². The second-order valence-electron chi connectivity index (χ2n) is 4.80. The zero-order chi connectivity index (χ0) is 14.1. The van der Waals surface area contributed by atoms with E-state index < -0.39 is 12.1 Å². The Kier molecular flexibility index (Phi) is 3.29. The third-order valence-electron chi connectivity index (χ3n) is 3.40. The summed E-state index contributed by atoms with van der Waals surface area (Å²) >= 11 is 1.45. The molecule has 0 aliphatic heterocycles. The smallest absolute Gasteiger partial charge is 0.349 e. The van der Waals surface area contributed by atoms with Gasteiger partial charge in [0.25, 0.3) is 0 Å². The van der Waals surface area contributed by atoms with E-state index >= 15 is 0 Å². The molecule has 100 valence electrons. The zero-order valence-corrected chi connectivity index (χ0v) is 11.9. The van der Waals surface area contributed by atoms with Crippen molar-refractivity contribution in [2.75, 3.05) is 0 Å². The van der Waals surface area contributed by atoms with Crippen LogP contribution in [0.2, 0.25) is 0 Å². The summed E-state index contributed by atoms with van der Waals surface area (Å²) < 4.78 is 5.06. The van der Waals surface area contributed by atoms with Gasteiger partial charge in [0.05, 0.1) is 0 Å². The minimum atomic E-state index is -0.714. The highest BCUT2D eigenvalue weighted by Gasteiger charge is 2.22. The number of hydrogen-bond acceptors (Lipinski definition) is 4. The number of rotatable bonds is 2. The third-order valence-corrected chi connectivity index (χ3v) is 4.59. The highest BCUT2D eigenvalue weighted by Crippen LogP contribution is 2.39. The second kappa shape index (κ2) is 5.10. The summed E-state index contributed by atoms with van der Waals surface area (Å²) in [6.45, 7) is 1.57. The molecule has 2 aromatic rings. The number of ether oxygens (including phenoxy) is 1. The summed E-state index contributed by atoms with van der Waals surface area (Å²) in [7, 11) is 0. The maximum Gasteiger partial charge on any atom is 0.349 e. The number of esters is 1. The SMILES string of the molecule is C[C@H](C#N)OC(=O)c1cc2c(s1)-c1ccccc1CC2. The lowest BCUT2D eigenvalue weighted by atomic mass is 9.91. The van der Waals surface area contributed by atoms with Gasteiger partial charge >= 0.3 is 5.97 Å². The Morgan fingerprint density at radius 2 is 2.10 bits per heavy atom. The summed E-state index contributed by atoms with van der Waals surface area (Å²) in [6.07, 6.45) is 1.24. The van der Waals surface area contributed by atoms with Crippen LogP contribution in [0.5, 0.6) is 0 Å². The fourth-order valence-corrected chi connectivity index (χ4v) is 3.57. The quantitative estimate of drug-likeness (QED) is 0.791. The van der Waals surface area contributed by atoms with Crippen molar-refractivity contribution in [2.24, 2.45) is 0 Å². The van der Waals surface area contributed by atoms with Gasteiger partial charge in [0, 0.05) is 4.88 Å². The monoisotopic (exact) mass is 283 g/mol. The van der Waals surface area contributed by atoms with Gasteiger partial charge in [0.2, 0.25) is 0 Å². The molecule has 0 unspecified atom stereocenters. The van der Waals surface area contributed by atoms with Gasteiger partial charge in [0.1, 0.15) is 10.9 Å². The van der Waals surface area contributed by atoms with Crippen molar-refractivity contribution in [3.8, 4) is 16.5 Å². The van der Waals surface area contributed by atoms with Crippen molar-refractivity contribution < 1.29 is 9.53 Å². The summed E-state index contributed by atoms with van der Waals surface area (Å²) in [5, 5.41) is 8.70. The topological polar surface area (TPSA) is 50.1 Å². The number of nitrogens with zero attached hydrogens (tertiary/aromatic N) is 1. The Hall–Kier alpha value is -2.12. The average Bonchev–Trinajstić information content (AvgIpc) is 2.91. The molecule has 1 aliphatic carbocycles. The summed E-state index contributed by atoms with van der Waals surface area (Å²) in [5.41, 5.74) is 3.74. The molecule has 1 aromatic heterocycles. The van der Waals surface area contributed by atoms with E-state index in [0.717, 1.165) is 17.7 Å². The van der Waals surface area contributed by atoms with Gasteiger partial charge < -0.3 is 4.74 Å². The van der Waals surface area contributed by atoms with Crippen LogP contribution in [-0.2, 0) is 17.6 Å². The minimum absolute atomic E-state index is 0.407. The minimum Gasteiger partial charge on any atom is -0.443 e. The predicted molar refractivity (Wildman–Crippen MR) is 77.7 cm³/mol. The predicted octanol–water partition coefficient (Wildman–Crippen LogP) is 3.58. The van der Waals surface area contributed by atoms with Crippen LogP contribution in [0.4, 0.5) is 0 Å². The van der Waals surface area contributed by atoms with Gasteiger partial charge in [-0.25, -0.2) is 4.79 Å². The normalized spacial score (nSPS) is 13.8. The molecule has 0 bridgehead atoms. The molecule has 0 amide bonds. The van der Waals surface area contributed by atoms with Gasteiger partial charge in [-0.15, -0.1) is 11.3 Å². The molecule has 1 aromatic carbocycles. The molecule has 0 spiro atoms. The van der Waals surface area contributed by atoms with Crippen LogP contribution >= 0.6 is 11.3 Å². The standard InChI is InChI=1S/C16H13NO2S/c1-10(9-17)19-16(18)14-8-12-7-6-11-4-2-3-5-13(11)15(12)20-14/h2-5,8,10H,6-7H2,1H3/t10-/m1/s1. The summed E-state index contributed by atoms with van der Waals surface area (Å²) in [5.74, 6) is -0.407. The number of thiophene rings is 1. The number of fused-ring (bicyclic) bond motifs is 3. The summed E-state index contributed by atoms with van der Waals surface area (Å²) in [6, 6.07) is 12.1. The van der Waals surface area contributed by atoms with Crippen LogP contribution in [-0.4, -0.2) is 12.1 Å². The Morgan fingerprint density at radius 3 is 2.90 bits per heavy atom. The van der Waals surface area contributed by atoms with Crippen molar-refractivity contribution >= 4 is 17.3 Å². The Bertz CT molecular complexity index is 712. The van der Waals surface area contributed by atoms with Crippen LogP contribution in [0.3, 0.4) is 0 Å². The van der Waals surface area contributed by atoms with Crippen LogP contribution in [0.15, 0.2) is 30.3 Å². The number of nitriles is 1. The van der Waals surface area contributed by atoms with Gasteiger partial charge in [0.15, 0.2) is 6.10 Å². The van der Waals surface area contributed by atoms with Crippen LogP contribution in [0.25, 0.3) is 10.4 Å². The van der Waals surface area contributed by atoms with Crippen molar-refractivity contribution in [1.82, 2.24) is 0 Å². The van der Waals surface area contributed by atoms with Crippen molar-refractivity contribution in [3.05, 3.63) is 46.3 Å².